The molecule has 1 fully saturated rings. The highest BCUT2D eigenvalue weighted by Gasteiger charge is 2.31. The van der Waals surface area contributed by atoms with Crippen molar-refractivity contribution in [1.82, 2.24) is 10.2 Å². The van der Waals surface area contributed by atoms with Gasteiger partial charge in [-0.25, -0.2) is 0 Å². The van der Waals surface area contributed by atoms with Gasteiger partial charge in [0.25, 0.3) is 0 Å². The average molecular weight is 435 g/mol. The second-order valence-corrected chi connectivity index (χ2v) is 7.40. The Hall–Kier alpha value is -3.07. The molecule has 0 saturated carbocycles. The lowest BCUT2D eigenvalue weighted by Crippen LogP contribution is -2.46. The van der Waals surface area contributed by atoms with Gasteiger partial charge in [0.2, 0.25) is 11.8 Å². The van der Waals surface area contributed by atoms with E-state index in [0.717, 1.165) is 18.5 Å². The molecule has 2 aromatic carbocycles. The number of halogens is 3. The number of amides is 2. The Balaban J connectivity index is 1.37. The number of hydrogen-bond donors (Lipinski definition) is 2. The van der Waals surface area contributed by atoms with Crippen LogP contribution in [-0.2, 0) is 16.0 Å². The van der Waals surface area contributed by atoms with Crippen LogP contribution in [-0.4, -0.2) is 48.8 Å². The van der Waals surface area contributed by atoms with Gasteiger partial charge < -0.3 is 15.4 Å². The number of para-hydroxylation sites is 1. The second kappa shape index (κ2) is 10.3. The molecule has 166 valence electrons. The molecule has 1 heterocycles. The van der Waals surface area contributed by atoms with Crippen LogP contribution in [0.2, 0.25) is 0 Å². The van der Waals surface area contributed by atoms with Crippen molar-refractivity contribution in [2.75, 3.05) is 25.0 Å². The third kappa shape index (κ3) is 7.93. The van der Waals surface area contributed by atoms with Crippen molar-refractivity contribution in [3.8, 4) is 5.75 Å². The normalized spacial score (nSPS) is 15.3. The fourth-order valence-electron chi connectivity index (χ4n) is 3.43. The van der Waals surface area contributed by atoms with E-state index in [2.05, 4.69) is 15.4 Å². The van der Waals surface area contributed by atoms with Crippen LogP contribution in [0.3, 0.4) is 0 Å². The number of anilines is 1. The molecule has 9 heteroatoms. The summed E-state index contributed by atoms with van der Waals surface area (Å²) in [6.45, 7) is 1.68. The minimum absolute atomic E-state index is 0.00812. The molecule has 1 aliphatic rings. The summed E-state index contributed by atoms with van der Waals surface area (Å²) >= 11 is 0. The predicted molar refractivity (Wildman–Crippen MR) is 110 cm³/mol. The maximum Gasteiger partial charge on any atom is 0.573 e. The summed E-state index contributed by atoms with van der Waals surface area (Å²) in [5, 5.41) is 5.81. The number of ether oxygens (including phenoxy) is 1. The van der Waals surface area contributed by atoms with Crippen molar-refractivity contribution in [2.45, 2.75) is 31.7 Å². The van der Waals surface area contributed by atoms with Gasteiger partial charge in [-0.1, -0.05) is 30.3 Å². The Morgan fingerprint density at radius 1 is 0.968 bits per heavy atom. The molecule has 1 saturated heterocycles. The second-order valence-electron chi connectivity index (χ2n) is 7.40. The Morgan fingerprint density at radius 2 is 1.61 bits per heavy atom. The molecule has 6 nitrogen and oxygen atoms in total. The summed E-state index contributed by atoms with van der Waals surface area (Å²) in [5.74, 6) is -0.586. The number of rotatable bonds is 7. The fraction of sp³-hybridized carbons (Fsp3) is 0.364. The largest absolute Gasteiger partial charge is 0.573 e. The van der Waals surface area contributed by atoms with Crippen molar-refractivity contribution < 1.29 is 27.5 Å². The van der Waals surface area contributed by atoms with E-state index in [0.29, 0.717) is 25.2 Å². The number of hydrogen-bond acceptors (Lipinski definition) is 4. The standard InChI is InChI=1S/C22H24F3N3O3/c23-22(24,25)31-19-8-6-16(7-9-19)14-20(29)26-18-10-12-28(13-11-18)15-21(30)27-17-4-2-1-3-5-17/h1-9,18H,10-15H2,(H,26,29)(H,27,30). The molecular formula is C22H24F3N3O3. The molecular weight excluding hydrogens is 411 g/mol. The lowest BCUT2D eigenvalue weighted by atomic mass is 10.0. The van der Waals surface area contributed by atoms with E-state index >= 15 is 0 Å². The molecule has 2 amide bonds. The van der Waals surface area contributed by atoms with Crippen LogP contribution in [0.15, 0.2) is 54.6 Å². The van der Waals surface area contributed by atoms with Gasteiger partial charge in [-0.2, -0.15) is 0 Å². The van der Waals surface area contributed by atoms with Crippen molar-refractivity contribution in [3.05, 3.63) is 60.2 Å². The molecule has 0 atom stereocenters. The number of carbonyl (C=O) groups is 2. The van der Waals surface area contributed by atoms with Crippen LogP contribution in [0.5, 0.6) is 5.75 Å². The molecule has 0 bridgehead atoms. The first kappa shape index (κ1) is 22.6. The highest BCUT2D eigenvalue weighted by Crippen LogP contribution is 2.23. The lowest BCUT2D eigenvalue weighted by Gasteiger charge is -2.31. The van der Waals surface area contributed by atoms with Crippen LogP contribution >= 0.6 is 0 Å². The van der Waals surface area contributed by atoms with Crippen molar-refractivity contribution in [3.63, 3.8) is 0 Å². The fourth-order valence-corrected chi connectivity index (χ4v) is 3.43. The van der Waals surface area contributed by atoms with Crippen LogP contribution in [0.25, 0.3) is 0 Å². The SMILES string of the molecule is O=C(CN1CCC(NC(=O)Cc2ccc(OC(F)(F)F)cc2)CC1)Nc1ccccc1. The van der Waals surface area contributed by atoms with Crippen molar-refractivity contribution >= 4 is 17.5 Å². The number of piperidine rings is 1. The van der Waals surface area contributed by atoms with Crippen LogP contribution in [0, 0.1) is 0 Å². The van der Waals surface area contributed by atoms with E-state index < -0.39 is 6.36 Å². The third-order valence-electron chi connectivity index (χ3n) is 4.90. The first-order valence-electron chi connectivity index (χ1n) is 9.98. The molecule has 2 N–H and O–H groups in total. The van der Waals surface area contributed by atoms with Crippen molar-refractivity contribution in [1.29, 1.82) is 0 Å². The van der Waals surface area contributed by atoms with Gasteiger partial charge in [0.15, 0.2) is 0 Å². The van der Waals surface area contributed by atoms with Crippen LogP contribution in [0.1, 0.15) is 18.4 Å². The van der Waals surface area contributed by atoms with E-state index in [4.69, 9.17) is 0 Å². The monoisotopic (exact) mass is 435 g/mol. The Morgan fingerprint density at radius 3 is 2.23 bits per heavy atom. The molecule has 1 aliphatic heterocycles. The summed E-state index contributed by atoms with van der Waals surface area (Å²) in [6, 6.07) is 14.5. The number of nitrogens with zero attached hydrogens (tertiary/aromatic N) is 1. The maximum absolute atomic E-state index is 12.3. The Kier molecular flexibility index (Phi) is 7.51. The average Bonchev–Trinajstić information content (AvgIpc) is 2.70. The van der Waals surface area contributed by atoms with Gasteiger partial charge >= 0.3 is 6.36 Å². The summed E-state index contributed by atoms with van der Waals surface area (Å²) in [6.07, 6.45) is -3.21. The number of carbonyl (C=O) groups excluding carboxylic acids is 2. The van der Waals surface area contributed by atoms with Gasteiger partial charge in [0, 0.05) is 24.8 Å². The quantitative estimate of drug-likeness (QED) is 0.700. The van der Waals surface area contributed by atoms with E-state index in [9.17, 15) is 22.8 Å². The Bertz CT molecular complexity index is 865. The smallest absolute Gasteiger partial charge is 0.406 e. The van der Waals surface area contributed by atoms with Gasteiger partial charge in [-0.3, -0.25) is 14.5 Å². The molecule has 0 spiro atoms. The Labute approximate surface area is 178 Å². The zero-order valence-corrected chi connectivity index (χ0v) is 16.8. The summed E-state index contributed by atoms with van der Waals surface area (Å²) in [7, 11) is 0. The van der Waals surface area contributed by atoms with Crippen LogP contribution < -0.4 is 15.4 Å². The first-order valence-corrected chi connectivity index (χ1v) is 9.98. The minimum Gasteiger partial charge on any atom is -0.406 e. The number of likely N-dealkylation sites (tertiary alicyclic amines) is 1. The zero-order valence-electron chi connectivity index (χ0n) is 16.8. The molecule has 0 radical (unpaired) electrons. The topological polar surface area (TPSA) is 70.7 Å². The first-order chi connectivity index (χ1) is 14.8. The lowest BCUT2D eigenvalue weighted by molar-refractivity contribution is -0.274. The minimum atomic E-state index is -4.74. The van der Waals surface area contributed by atoms with E-state index in [1.54, 1.807) is 0 Å². The van der Waals surface area contributed by atoms with Gasteiger partial charge in [-0.15, -0.1) is 13.2 Å². The molecule has 2 aromatic rings. The molecule has 0 aliphatic carbocycles. The number of benzene rings is 2. The van der Waals surface area contributed by atoms with E-state index in [1.807, 2.05) is 35.2 Å². The summed E-state index contributed by atoms with van der Waals surface area (Å²) in [4.78, 5) is 26.4. The number of nitrogens with one attached hydrogen (secondary N) is 2. The van der Waals surface area contributed by atoms with E-state index in [-0.39, 0.29) is 30.0 Å². The molecule has 31 heavy (non-hydrogen) atoms. The summed E-state index contributed by atoms with van der Waals surface area (Å²) < 4.78 is 40.4. The van der Waals surface area contributed by atoms with Crippen molar-refractivity contribution in [2.24, 2.45) is 0 Å². The van der Waals surface area contributed by atoms with E-state index in [1.165, 1.54) is 24.3 Å². The number of alkyl halides is 3. The molecule has 3 rings (SSSR count). The van der Waals surface area contributed by atoms with Gasteiger partial charge in [0.05, 0.1) is 13.0 Å². The maximum atomic E-state index is 12.3. The predicted octanol–water partition coefficient (Wildman–Crippen LogP) is 3.35. The highest BCUT2D eigenvalue weighted by molar-refractivity contribution is 5.92. The third-order valence-corrected chi connectivity index (χ3v) is 4.90. The van der Waals surface area contributed by atoms with Crippen LogP contribution in [0.4, 0.5) is 18.9 Å². The van der Waals surface area contributed by atoms with Gasteiger partial charge in [0.1, 0.15) is 5.75 Å². The molecule has 0 unspecified atom stereocenters. The highest BCUT2D eigenvalue weighted by atomic mass is 19.4. The summed E-state index contributed by atoms with van der Waals surface area (Å²) in [5.41, 5.74) is 1.36. The molecule has 0 aromatic heterocycles. The zero-order chi connectivity index (χ0) is 22.3. The van der Waals surface area contributed by atoms with Gasteiger partial charge in [-0.05, 0) is 42.7 Å².